The zero-order valence-corrected chi connectivity index (χ0v) is 12.4. The van der Waals surface area contributed by atoms with Gasteiger partial charge in [-0.1, -0.05) is 25.5 Å². The van der Waals surface area contributed by atoms with Gasteiger partial charge in [0.25, 0.3) is 0 Å². The predicted molar refractivity (Wildman–Crippen MR) is 79.1 cm³/mol. The van der Waals surface area contributed by atoms with E-state index in [2.05, 4.69) is 10.6 Å². The highest BCUT2D eigenvalue weighted by Gasteiger charge is 2.16. The first-order valence-corrected chi connectivity index (χ1v) is 6.69. The molecule has 1 aromatic rings. The fourth-order valence-corrected chi connectivity index (χ4v) is 1.72. The molecule has 0 aliphatic heterocycles. The summed E-state index contributed by atoms with van der Waals surface area (Å²) in [5.74, 6) is -0.776. The van der Waals surface area contributed by atoms with E-state index in [-0.39, 0.29) is 11.5 Å². The van der Waals surface area contributed by atoms with Crippen molar-refractivity contribution in [3.63, 3.8) is 0 Å². The Morgan fingerprint density at radius 2 is 1.90 bits per heavy atom. The van der Waals surface area contributed by atoms with E-state index in [1.54, 1.807) is 19.1 Å². The van der Waals surface area contributed by atoms with Crippen molar-refractivity contribution in [3.05, 3.63) is 29.3 Å². The second-order valence-corrected chi connectivity index (χ2v) is 5.36. The van der Waals surface area contributed by atoms with E-state index < -0.39 is 12.0 Å². The van der Waals surface area contributed by atoms with Gasteiger partial charge in [0, 0.05) is 12.2 Å². The molecule has 0 heterocycles. The molecule has 0 fully saturated rings. The van der Waals surface area contributed by atoms with Crippen LogP contribution in [0.4, 0.5) is 5.69 Å². The van der Waals surface area contributed by atoms with E-state index in [1.165, 1.54) is 0 Å². The molecule has 1 atom stereocenters. The van der Waals surface area contributed by atoms with Gasteiger partial charge >= 0.3 is 5.97 Å². The second-order valence-electron chi connectivity index (χ2n) is 5.36. The largest absolute Gasteiger partial charge is 0.478 e. The Kier molecular flexibility index (Phi) is 5.55. The zero-order chi connectivity index (χ0) is 15.3. The number of aromatic carboxylic acids is 1. The highest BCUT2D eigenvalue weighted by molar-refractivity contribution is 5.95. The molecule has 1 unspecified atom stereocenters. The normalized spacial score (nSPS) is 12.1. The highest BCUT2D eigenvalue weighted by atomic mass is 16.4. The van der Waals surface area contributed by atoms with Gasteiger partial charge in [-0.05, 0) is 31.9 Å². The monoisotopic (exact) mass is 278 g/mol. The first kappa shape index (κ1) is 16.0. The van der Waals surface area contributed by atoms with Crippen LogP contribution in [0.2, 0.25) is 0 Å². The van der Waals surface area contributed by atoms with Gasteiger partial charge in [0.15, 0.2) is 0 Å². The summed E-state index contributed by atoms with van der Waals surface area (Å²) in [6.07, 6.45) is 0. The Morgan fingerprint density at radius 3 is 2.45 bits per heavy atom. The van der Waals surface area contributed by atoms with E-state index in [4.69, 9.17) is 0 Å². The van der Waals surface area contributed by atoms with Gasteiger partial charge in [-0.25, -0.2) is 4.79 Å². The molecule has 1 rings (SSSR count). The lowest BCUT2D eigenvalue weighted by Gasteiger charge is -2.17. The van der Waals surface area contributed by atoms with E-state index in [9.17, 15) is 14.7 Å². The summed E-state index contributed by atoms with van der Waals surface area (Å²) < 4.78 is 0. The summed E-state index contributed by atoms with van der Waals surface area (Å²) in [4.78, 5) is 23.1. The lowest BCUT2D eigenvalue weighted by atomic mass is 10.1. The van der Waals surface area contributed by atoms with Crippen LogP contribution in [-0.2, 0) is 4.79 Å². The number of rotatable bonds is 6. The molecule has 0 saturated carbocycles. The lowest BCUT2D eigenvalue weighted by molar-refractivity contribution is -0.121. The van der Waals surface area contributed by atoms with E-state index in [1.807, 2.05) is 26.8 Å². The molecule has 1 amide bonds. The smallest absolute Gasteiger partial charge is 0.337 e. The molecule has 1 aromatic carbocycles. The molecular formula is C15H22N2O3. The van der Waals surface area contributed by atoms with E-state index in [0.717, 1.165) is 5.56 Å². The van der Waals surface area contributed by atoms with Crippen LogP contribution in [0.5, 0.6) is 0 Å². The maximum absolute atomic E-state index is 11.9. The molecular weight excluding hydrogens is 256 g/mol. The minimum absolute atomic E-state index is 0.143. The van der Waals surface area contributed by atoms with Gasteiger partial charge < -0.3 is 15.7 Å². The Balaban J connectivity index is 2.77. The summed E-state index contributed by atoms with van der Waals surface area (Å²) in [5, 5.41) is 14.9. The summed E-state index contributed by atoms with van der Waals surface area (Å²) >= 11 is 0. The third-order valence-corrected chi connectivity index (χ3v) is 2.86. The van der Waals surface area contributed by atoms with Gasteiger partial charge in [-0.3, -0.25) is 4.79 Å². The maximum atomic E-state index is 11.9. The van der Waals surface area contributed by atoms with Crippen molar-refractivity contribution in [2.75, 3.05) is 11.9 Å². The molecule has 0 radical (unpaired) electrons. The zero-order valence-electron chi connectivity index (χ0n) is 12.4. The Bertz CT molecular complexity index is 498. The first-order valence-electron chi connectivity index (χ1n) is 6.69. The van der Waals surface area contributed by atoms with E-state index >= 15 is 0 Å². The summed E-state index contributed by atoms with van der Waals surface area (Å²) in [7, 11) is 0. The topological polar surface area (TPSA) is 78.4 Å². The number of hydrogen-bond acceptors (Lipinski definition) is 3. The second kappa shape index (κ2) is 6.93. The third-order valence-electron chi connectivity index (χ3n) is 2.86. The molecule has 0 aromatic heterocycles. The predicted octanol–water partition coefficient (Wildman–Crippen LogP) is 2.27. The fourth-order valence-electron chi connectivity index (χ4n) is 1.72. The van der Waals surface area contributed by atoms with Crippen LogP contribution < -0.4 is 10.6 Å². The van der Waals surface area contributed by atoms with Crippen molar-refractivity contribution in [1.29, 1.82) is 0 Å². The number of nitrogens with one attached hydrogen (secondary N) is 2. The summed E-state index contributed by atoms with van der Waals surface area (Å²) in [6.45, 7) is 8.17. The first-order chi connectivity index (χ1) is 9.31. The van der Waals surface area contributed by atoms with Crippen LogP contribution in [0, 0.1) is 12.8 Å². The number of carbonyl (C=O) groups excluding carboxylic acids is 1. The number of carboxylic acid groups (broad SMARTS) is 1. The SMILES string of the molecule is Cc1ccc(NC(C)C(=O)NCC(C)C)c(C(=O)O)c1. The number of amides is 1. The summed E-state index contributed by atoms with van der Waals surface area (Å²) in [5.41, 5.74) is 1.49. The average Bonchev–Trinajstić information content (AvgIpc) is 2.37. The third kappa shape index (κ3) is 4.57. The minimum atomic E-state index is -1.01. The molecule has 0 aliphatic rings. The molecule has 0 aliphatic carbocycles. The van der Waals surface area contributed by atoms with Gasteiger partial charge in [-0.15, -0.1) is 0 Å². The van der Waals surface area contributed by atoms with Crippen LogP contribution in [-0.4, -0.2) is 29.6 Å². The number of anilines is 1. The molecule has 0 spiro atoms. The van der Waals surface area contributed by atoms with Crippen LogP contribution in [0.1, 0.15) is 36.7 Å². The molecule has 3 N–H and O–H groups in total. The summed E-state index contributed by atoms with van der Waals surface area (Å²) in [6, 6.07) is 4.59. The van der Waals surface area contributed by atoms with Gasteiger partial charge in [-0.2, -0.15) is 0 Å². The Morgan fingerprint density at radius 1 is 1.25 bits per heavy atom. The molecule has 5 nitrogen and oxygen atoms in total. The van der Waals surface area contributed by atoms with Crippen LogP contribution in [0.25, 0.3) is 0 Å². The van der Waals surface area contributed by atoms with Gasteiger partial charge in [0.05, 0.1) is 5.56 Å². The van der Waals surface area contributed by atoms with Crippen molar-refractivity contribution in [2.45, 2.75) is 33.7 Å². The molecule has 0 saturated heterocycles. The lowest BCUT2D eigenvalue weighted by Crippen LogP contribution is -2.39. The van der Waals surface area contributed by atoms with Gasteiger partial charge in [0.2, 0.25) is 5.91 Å². The Hall–Kier alpha value is -2.04. The van der Waals surface area contributed by atoms with Crippen molar-refractivity contribution in [3.8, 4) is 0 Å². The average molecular weight is 278 g/mol. The van der Waals surface area contributed by atoms with Crippen molar-refractivity contribution < 1.29 is 14.7 Å². The van der Waals surface area contributed by atoms with Crippen LogP contribution in [0.15, 0.2) is 18.2 Å². The van der Waals surface area contributed by atoms with Crippen molar-refractivity contribution in [1.82, 2.24) is 5.32 Å². The standard InChI is InChI=1S/C15H22N2O3/c1-9(2)8-16-14(18)11(4)17-13-6-5-10(3)7-12(13)15(19)20/h5-7,9,11,17H,8H2,1-4H3,(H,16,18)(H,19,20). The van der Waals surface area contributed by atoms with Crippen molar-refractivity contribution in [2.24, 2.45) is 5.92 Å². The van der Waals surface area contributed by atoms with Crippen LogP contribution >= 0.6 is 0 Å². The number of carbonyl (C=O) groups is 2. The molecule has 5 heteroatoms. The number of benzene rings is 1. The molecule has 0 bridgehead atoms. The molecule has 20 heavy (non-hydrogen) atoms. The number of aryl methyl sites for hydroxylation is 1. The number of hydrogen-bond donors (Lipinski definition) is 3. The number of carboxylic acids is 1. The van der Waals surface area contributed by atoms with Crippen LogP contribution in [0.3, 0.4) is 0 Å². The maximum Gasteiger partial charge on any atom is 0.337 e. The quantitative estimate of drug-likeness (QED) is 0.746. The van der Waals surface area contributed by atoms with Gasteiger partial charge in [0.1, 0.15) is 6.04 Å². The minimum Gasteiger partial charge on any atom is -0.478 e. The Labute approximate surface area is 119 Å². The van der Waals surface area contributed by atoms with E-state index in [0.29, 0.717) is 18.2 Å². The fraction of sp³-hybridized carbons (Fsp3) is 0.467. The van der Waals surface area contributed by atoms with Crippen molar-refractivity contribution >= 4 is 17.6 Å². The molecule has 110 valence electrons. The highest BCUT2D eigenvalue weighted by Crippen LogP contribution is 2.18.